The zero-order valence-corrected chi connectivity index (χ0v) is 15.4. The van der Waals surface area contributed by atoms with Crippen molar-refractivity contribution in [2.75, 3.05) is 19.5 Å². The first-order chi connectivity index (χ1) is 11.2. The van der Waals surface area contributed by atoms with Crippen molar-refractivity contribution in [1.29, 1.82) is 0 Å². The van der Waals surface area contributed by atoms with Crippen LogP contribution in [0.25, 0.3) is 0 Å². The molecule has 0 amide bonds. The molecular formula is C18H23O3PS. The van der Waals surface area contributed by atoms with E-state index < -0.39 is 8.38 Å². The lowest BCUT2D eigenvalue weighted by molar-refractivity contribution is 0.264. The summed E-state index contributed by atoms with van der Waals surface area (Å²) in [6, 6.07) is 15.8. The maximum absolute atomic E-state index is 10.3. The highest BCUT2D eigenvalue weighted by Crippen LogP contribution is 2.57. The molecule has 0 bridgehead atoms. The third-order valence-electron chi connectivity index (χ3n) is 3.39. The van der Waals surface area contributed by atoms with Gasteiger partial charge >= 0.3 is 0 Å². The lowest BCUT2D eigenvalue weighted by Crippen LogP contribution is -2.05. The number of para-hydroxylation sites is 1. The predicted octanol–water partition coefficient (Wildman–Crippen LogP) is 5.59. The smallest absolute Gasteiger partial charge is 0.183 e. The summed E-state index contributed by atoms with van der Waals surface area (Å²) in [5.74, 6) is 0.276. The summed E-state index contributed by atoms with van der Waals surface area (Å²) in [7, 11) is -1.17. The molecule has 0 radical (unpaired) electrons. The van der Waals surface area contributed by atoms with Crippen molar-refractivity contribution in [3.8, 4) is 5.75 Å². The molecule has 2 aromatic rings. The summed E-state index contributed by atoms with van der Waals surface area (Å²) in [5.41, 5.74) is 1.83. The third kappa shape index (κ3) is 4.71. The fraction of sp³-hybridized carbons (Fsp3) is 0.333. The molecule has 5 heteroatoms. The molecule has 0 fully saturated rings. The minimum absolute atomic E-state index is 0.109. The maximum Gasteiger partial charge on any atom is 0.183 e. The lowest BCUT2D eigenvalue weighted by atomic mass is 10.0. The second kappa shape index (κ2) is 9.29. The number of rotatable bonds is 8. The molecule has 0 aliphatic heterocycles. The predicted molar refractivity (Wildman–Crippen MR) is 98.3 cm³/mol. The Morgan fingerprint density at radius 3 is 2.13 bits per heavy atom. The molecule has 2 aromatic carbocycles. The van der Waals surface area contributed by atoms with Crippen LogP contribution in [0.2, 0.25) is 0 Å². The molecule has 1 unspecified atom stereocenters. The van der Waals surface area contributed by atoms with Gasteiger partial charge in [0.2, 0.25) is 0 Å². The van der Waals surface area contributed by atoms with Crippen molar-refractivity contribution in [3.63, 3.8) is 0 Å². The van der Waals surface area contributed by atoms with Crippen molar-refractivity contribution in [2.45, 2.75) is 24.4 Å². The van der Waals surface area contributed by atoms with Crippen LogP contribution in [0.3, 0.4) is 0 Å². The summed E-state index contributed by atoms with van der Waals surface area (Å²) in [6.07, 6.45) is 2.06. The highest BCUT2D eigenvalue weighted by Gasteiger charge is 2.29. The Labute approximate surface area is 143 Å². The second-order valence-corrected chi connectivity index (χ2v) is 7.34. The highest BCUT2D eigenvalue weighted by atomic mass is 32.2. The molecule has 1 atom stereocenters. The van der Waals surface area contributed by atoms with Gasteiger partial charge in [-0.1, -0.05) is 30.3 Å². The Morgan fingerprint density at radius 2 is 1.61 bits per heavy atom. The first-order valence-corrected chi connectivity index (χ1v) is 10.1. The highest BCUT2D eigenvalue weighted by molar-refractivity contribution is 7.98. The van der Waals surface area contributed by atoms with Crippen molar-refractivity contribution >= 4 is 20.1 Å². The van der Waals surface area contributed by atoms with Crippen LogP contribution in [0.1, 0.15) is 30.6 Å². The number of thioether (sulfide) groups is 1. The van der Waals surface area contributed by atoms with E-state index >= 15 is 0 Å². The van der Waals surface area contributed by atoms with E-state index in [-0.39, 0.29) is 11.4 Å². The van der Waals surface area contributed by atoms with E-state index in [1.807, 2.05) is 32.0 Å². The normalized spacial score (nSPS) is 12.5. The van der Waals surface area contributed by atoms with Gasteiger partial charge in [-0.05, 0) is 43.9 Å². The summed E-state index contributed by atoms with van der Waals surface area (Å²) in [5, 5.41) is 10.3. The van der Waals surface area contributed by atoms with Gasteiger partial charge in [0.25, 0.3) is 0 Å². The van der Waals surface area contributed by atoms with Gasteiger partial charge in [0, 0.05) is 10.5 Å². The topological polar surface area (TPSA) is 38.7 Å². The third-order valence-corrected chi connectivity index (χ3v) is 6.15. The second-order valence-electron chi connectivity index (χ2n) is 4.86. The van der Waals surface area contributed by atoms with Crippen LogP contribution in [-0.2, 0) is 9.05 Å². The zero-order valence-electron chi connectivity index (χ0n) is 13.7. The molecule has 0 aromatic heterocycles. The molecule has 0 saturated heterocycles. The van der Waals surface area contributed by atoms with Gasteiger partial charge in [-0.3, -0.25) is 0 Å². The number of benzene rings is 2. The van der Waals surface area contributed by atoms with Crippen molar-refractivity contribution in [1.82, 2.24) is 0 Å². The molecule has 0 aliphatic rings. The fourth-order valence-corrected chi connectivity index (χ4v) is 4.51. The van der Waals surface area contributed by atoms with E-state index in [0.29, 0.717) is 13.2 Å². The largest absolute Gasteiger partial charge is 0.508 e. The molecule has 0 spiro atoms. The van der Waals surface area contributed by atoms with E-state index in [4.69, 9.17) is 9.05 Å². The van der Waals surface area contributed by atoms with Crippen molar-refractivity contribution < 1.29 is 14.2 Å². The molecule has 124 valence electrons. The van der Waals surface area contributed by atoms with Crippen LogP contribution in [0.4, 0.5) is 0 Å². The van der Waals surface area contributed by atoms with E-state index in [0.717, 1.165) is 11.1 Å². The molecular weight excluding hydrogens is 327 g/mol. The van der Waals surface area contributed by atoms with Gasteiger partial charge in [-0.15, -0.1) is 11.8 Å². The molecule has 0 saturated carbocycles. The van der Waals surface area contributed by atoms with E-state index in [2.05, 4.69) is 30.5 Å². The summed E-state index contributed by atoms with van der Waals surface area (Å²) < 4.78 is 11.8. The monoisotopic (exact) mass is 350 g/mol. The van der Waals surface area contributed by atoms with Gasteiger partial charge in [0.05, 0.1) is 18.9 Å². The van der Waals surface area contributed by atoms with Crippen LogP contribution in [0, 0.1) is 0 Å². The number of aromatic hydroxyl groups is 1. The minimum Gasteiger partial charge on any atom is -0.508 e. The molecule has 0 aliphatic carbocycles. The van der Waals surface area contributed by atoms with Crippen LogP contribution >= 0.6 is 20.1 Å². The van der Waals surface area contributed by atoms with Gasteiger partial charge in [-0.2, -0.15) is 0 Å². The van der Waals surface area contributed by atoms with E-state index in [1.165, 1.54) is 4.90 Å². The Kier molecular flexibility index (Phi) is 7.38. The van der Waals surface area contributed by atoms with Crippen LogP contribution < -0.4 is 0 Å². The molecule has 1 N–H and O–H groups in total. The van der Waals surface area contributed by atoms with Crippen LogP contribution in [0.15, 0.2) is 53.4 Å². The summed E-state index contributed by atoms with van der Waals surface area (Å²) in [4.78, 5) is 1.21. The van der Waals surface area contributed by atoms with Gasteiger partial charge in [0.1, 0.15) is 5.75 Å². The Bertz CT molecular complexity index is 597. The van der Waals surface area contributed by atoms with Gasteiger partial charge in [0.15, 0.2) is 8.38 Å². The Balaban J connectivity index is 2.46. The number of hydrogen-bond donors (Lipinski definition) is 1. The number of phenolic OH excluding ortho intramolecular Hbond substituents is 1. The summed E-state index contributed by atoms with van der Waals surface area (Å²) in [6.45, 7) is 5.09. The molecule has 23 heavy (non-hydrogen) atoms. The molecule has 2 rings (SSSR count). The number of hydrogen-bond acceptors (Lipinski definition) is 4. The van der Waals surface area contributed by atoms with Gasteiger partial charge in [-0.25, -0.2) is 0 Å². The van der Waals surface area contributed by atoms with E-state index in [9.17, 15) is 5.11 Å². The minimum atomic E-state index is -1.17. The first kappa shape index (κ1) is 18.3. The Morgan fingerprint density at radius 1 is 1.00 bits per heavy atom. The zero-order chi connectivity index (χ0) is 16.7. The first-order valence-electron chi connectivity index (χ1n) is 7.68. The standard InChI is InChI=1S/C18H23O3PS/c1-4-20-22(21-5-2)18(16-8-6-7-9-17(16)19)14-10-12-15(23-3)13-11-14/h6-13,18-19H,4-5H2,1-3H3. The van der Waals surface area contributed by atoms with Crippen LogP contribution in [-0.4, -0.2) is 24.6 Å². The Hall–Kier alpha value is -1.06. The molecule has 3 nitrogen and oxygen atoms in total. The average molecular weight is 350 g/mol. The van der Waals surface area contributed by atoms with Crippen molar-refractivity contribution in [3.05, 3.63) is 59.7 Å². The summed E-state index contributed by atoms with van der Waals surface area (Å²) >= 11 is 1.71. The maximum atomic E-state index is 10.3. The molecule has 0 heterocycles. The SMILES string of the molecule is CCOP(OCC)C(c1ccc(SC)cc1)c1ccccc1O. The van der Waals surface area contributed by atoms with Gasteiger partial charge < -0.3 is 14.2 Å². The average Bonchev–Trinajstić information content (AvgIpc) is 2.58. The quantitative estimate of drug-likeness (QED) is 0.498. The van der Waals surface area contributed by atoms with E-state index in [1.54, 1.807) is 17.8 Å². The number of phenols is 1. The van der Waals surface area contributed by atoms with Crippen LogP contribution in [0.5, 0.6) is 5.75 Å². The van der Waals surface area contributed by atoms with Crippen molar-refractivity contribution in [2.24, 2.45) is 0 Å². The fourth-order valence-electron chi connectivity index (χ4n) is 2.36. The lowest BCUT2D eigenvalue weighted by Gasteiger charge is -2.27.